The summed E-state index contributed by atoms with van der Waals surface area (Å²) < 4.78 is 2.13. The van der Waals surface area contributed by atoms with Crippen LogP contribution in [0.2, 0.25) is 0 Å². The zero-order chi connectivity index (χ0) is 18.5. The number of pyridine rings is 1. The molecule has 140 valence electrons. The summed E-state index contributed by atoms with van der Waals surface area (Å²) >= 11 is 0. The van der Waals surface area contributed by atoms with Gasteiger partial charge in [-0.15, -0.1) is 0 Å². The smallest absolute Gasteiger partial charge is 0.227 e. The Morgan fingerprint density at radius 1 is 1.19 bits per heavy atom. The molecule has 2 N–H and O–H groups in total. The number of aliphatic hydroxyl groups excluding tert-OH is 1. The number of rotatable bonds is 5. The van der Waals surface area contributed by atoms with E-state index in [1.165, 1.54) is 0 Å². The van der Waals surface area contributed by atoms with Crippen LogP contribution in [0.5, 0.6) is 0 Å². The topological polar surface area (TPSA) is 92.0 Å². The van der Waals surface area contributed by atoms with Gasteiger partial charge in [-0.1, -0.05) is 0 Å². The van der Waals surface area contributed by atoms with E-state index in [2.05, 4.69) is 48.6 Å². The lowest BCUT2D eigenvalue weighted by atomic mass is 10.3. The van der Waals surface area contributed by atoms with Crippen LogP contribution in [0.15, 0.2) is 30.9 Å². The summed E-state index contributed by atoms with van der Waals surface area (Å²) in [5.41, 5.74) is 1.93. The lowest BCUT2D eigenvalue weighted by Crippen LogP contribution is -2.26. The fourth-order valence-corrected chi connectivity index (χ4v) is 4.20. The second kappa shape index (κ2) is 6.16. The van der Waals surface area contributed by atoms with Gasteiger partial charge < -0.3 is 19.9 Å². The van der Waals surface area contributed by atoms with Crippen LogP contribution in [0, 0.1) is 17.8 Å². The molecule has 3 atom stereocenters. The number of nitrogens with zero attached hydrogens (tertiary/aromatic N) is 6. The minimum Gasteiger partial charge on any atom is -0.396 e. The molecule has 0 aromatic carbocycles. The van der Waals surface area contributed by atoms with E-state index in [1.54, 1.807) is 12.4 Å². The maximum atomic E-state index is 9.32. The first kappa shape index (κ1) is 16.4. The van der Waals surface area contributed by atoms with Gasteiger partial charge in [0.15, 0.2) is 0 Å². The molecule has 1 saturated carbocycles. The lowest BCUT2D eigenvalue weighted by Gasteiger charge is -2.19. The van der Waals surface area contributed by atoms with Crippen molar-refractivity contribution in [1.82, 2.24) is 24.5 Å². The number of hydrogen-bond acceptors (Lipinski definition) is 7. The molecule has 3 aromatic rings. The Labute approximate surface area is 157 Å². The Kier molecular flexibility index (Phi) is 3.75. The molecule has 0 bridgehead atoms. The van der Waals surface area contributed by atoms with Crippen LogP contribution in [-0.2, 0) is 0 Å². The predicted molar refractivity (Wildman–Crippen MR) is 103 cm³/mol. The maximum Gasteiger partial charge on any atom is 0.227 e. The molecule has 1 saturated heterocycles. The Morgan fingerprint density at radius 3 is 2.74 bits per heavy atom. The lowest BCUT2D eigenvalue weighted by molar-refractivity contribution is 0.260. The normalized spacial score (nSPS) is 23.9. The van der Waals surface area contributed by atoms with Crippen molar-refractivity contribution in [3.63, 3.8) is 0 Å². The van der Waals surface area contributed by atoms with Crippen molar-refractivity contribution in [1.29, 1.82) is 0 Å². The first-order valence-corrected chi connectivity index (χ1v) is 9.42. The molecule has 1 aliphatic heterocycles. The zero-order valence-corrected chi connectivity index (χ0v) is 15.4. The Balaban J connectivity index is 1.35. The molecule has 0 amide bonds. The Morgan fingerprint density at radius 2 is 2.00 bits per heavy atom. The van der Waals surface area contributed by atoms with Gasteiger partial charge in [0.2, 0.25) is 5.95 Å². The van der Waals surface area contributed by atoms with Crippen LogP contribution < -0.4 is 10.2 Å². The first-order chi connectivity index (χ1) is 13.1. The van der Waals surface area contributed by atoms with Crippen LogP contribution in [-0.4, -0.2) is 49.3 Å². The van der Waals surface area contributed by atoms with Gasteiger partial charge in [0.1, 0.15) is 17.2 Å². The highest BCUT2D eigenvalue weighted by atomic mass is 16.3. The zero-order valence-electron chi connectivity index (χ0n) is 15.4. The molecule has 5 rings (SSSR count). The van der Waals surface area contributed by atoms with Crippen molar-refractivity contribution in [2.45, 2.75) is 19.9 Å². The van der Waals surface area contributed by atoms with Crippen molar-refractivity contribution in [3.8, 4) is 0 Å². The summed E-state index contributed by atoms with van der Waals surface area (Å²) in [7, 11) is 0. The third-order valence-corrected chi connectivity index (χ3v) is 5.78. The van der Waals surface area contributed by atoms with Crippen LogP contribution >= 0.6 is 0 Å². The average molecular weight is 365 g/mol. The van der Waals surface area contributed by atoms with Crippen LogP contribution in [0.1, 0.15) is 19.9 Å². The molecule has 27 heavy (non-hydrogen) atoms. The molecule has 8 heteroatoms. The van der Waals surface area contributed by atoms with E-state index in [4.69, 9.17) is 0 Å². The summed E-state index contributed by atoms with van der Waals surface area (Å²) in [5, 5.41) is 12.6. The SMILES string of the molecule is CC(C)n1cnc2cnc(Nc3ccnc(N4C[C@@H]5[C@@H](CO)[C@@H]5C4)n3)cc21. The largest absolute Gasteiger partial charge is 0.396 e. The second-order valence-corrected chi connectivity index (χ2v) is 7.75. The van der Waals surface area contributed by atoms with Gasteiger partial charge in [-0.05, 0) is 37.7 Å². The molecule has 0 radical (unpaired) electrons. The quantitative estimate of drug-likeness (QED) is 0.716. The van der Waals surface area contributed by atoms with E-state index in [1.807, 2.05) is 18.5 Å². The molecule has 1 aliphatic carbocycles. The number of aliphatic hydroxyl groups is 1. The number of anilines is 3. The van der Waals surface area contributed by atoms with Crippen molar-refractivity contribution in [2.75, 3.05) is 29.9 Å². The Hall–Kier alpha value is -2.74. The summed E-state index contributed by atoms with van der Waals surface area (Å²) in [5.74, 6) is 3.86. The van der Waals surface area contributed by atoms with Crippen molar-refractivity contribution in [2.24, 2.45) is 17.8 Å². The predicted octanol–water partition coefficient (Wildman–Crippen LogP) is 2.22. The molecule has 0 unspecified atom stereocenters. The van der Waals surface area contributed by atoms with Gasteiger partial charge in [-0.3, -0.25) is 0 Å². The van der Waals surface area contributed by atoms with Gasteiger partial charge in [0.05, 0.1) is 18.0 Å². The second-order valence-electron chi connectivity index (χ2n) is 7.75. The number of imidazole rings is 1. The molecule has 2 aliphatic rings. The van der Waals surface area contributed by atoms with E-state index >= 15 is 0 Å². The first-order valence-electron chi connectivity index (χ1n) is 9.42. The van der Waals surface area contributed by atoms with Gasteiger partial charge in [-0.25, -0.2) is 15.0 Å². The standard InChI is InChI=1S/C19H23N7O/c1-11(2)26-10-22-15-6-21-18(5-16(15)26)23-17-3-4-20-19(24-17)25-7-12-13(8-25)14(12)9-27/h3-6,10-14,27H,7-9H2,1-2H3,(H,20,21,23,24)/t12-,13+,14+. The fraction of sp³-hybridized carbons (Fsp3) is 0.474. The van der Waals surface area contributed by atoms with Crippen LogP contribution in [0.4, 0.5) is 17.6 Å². The monoisotopic (exact) mass is 365 g/mol. The van der Waals surface area contributed by atoms with Gasteiger partial charge in [0, 0.05) is 38.0 Å². The number of fused-ring (bicyclic) bond motifs is 2. The molecule has 2 fully saturated rings. The fourth-order valence-electron chi connectivity index (χ4n) is 4.20. The van der Waals surface area contributed by atoms with Crippen LogP contribution in [0.3, 0.4) is 0 Å². The van der Waals surface area contributed by atoms with Crippen LogP contribution in [0.25, 0.3) is 11.0 Å². The number of piperidine rings is 1. The number of aromatic nitrogens is 5. The van der Waals surface area contributed by atoms with Crippen molar-refractivity contribution in [3.05, 3.63) is 30.9 Å². The van der Waals surface area contributed by atoms with Crippen molar-refractivity contribution >= 4 is 28.6 Å². The van der Waals surface area contributed by atoms with Gasteiger partial charge in [-0.2, -0.15) is 4.98 Å². The third-order valence-electron chi connectivity index (χ3n) is 5.78. The average Bonchev–Trinajstić information content (AvgIpc) is 3.00. The minimum absolute atomic E-state index is 0.298. The van der Waals surface area contributed by atoms with Gasteiger partial charge >= 0.3 is 0 Å². The molecule has 4 heterocycles. The van der Waals surface area contributed by atoms with Crippen molar-refractivity contribution < 1.29 is 5.11 Å². The van der Waals surface area contributed by atoms with E-state index in [9.17, 15) is 5.11 Å². The number of hydrogen-bond donors (Lipinski definition) is 2. The molecular weight excluding hydrogens is 342 g/mol. The van der Waals surface area contributed by atoms with E-state index in [0.717, 1.165) is 41.7 Å². The summed E-state index contributed by atoms with van der Waals surface area (Å²) in [6.07, 6.45) is 5.40. The minimum atomic E-state index is 0.298. The van der Waals surface area contributed by atoms with E-state index in [0.29, 0.717) is 30.4 Å². The number of nitrogens with one attached hydrogen (secondary N) is 1. The maximum absolute atomic E-state index is 9.32. The highest BCUT2D eigenvalue weighted by Crippen LogP contribution is 2.51. The summed E-state index contributed by atoms with van der Waals surface area (Å²) in [4.78, 5) is 20.1. The van der Waals surface area contributed by atoms with E-state index < -0.39 is 0 Å². The molecule has 8 nitrogen and oxygen atoms in total. The summed E-state index contributed by atoms with van der Waals surface area (Å²) in [6, 6.07) is 4.18. The Bertz CT molecular complexity index is 973. The molecule has 3 aromatic heterocycles. The highest BCUT2D eigenvalue weighted by Gasteiger charge is 2.55. The van der Waals surface area contributed by atoms with Gasteiger partial charge in [0.25, 0.3) is 0 Å². The molecule has 0 spiro atoms. The third kappa shape index (κ3) is 2.80. The molecular formula is C19H23N7O. The highest BCUT2D eigenvalue weighted by molar-refractivity contribution is 5.78. The van der Waals surface area contributed by atoms with E-state index in [-0.39, 0.29) is 0 Å². The summed E-state index contributed by atoms with van der Waals surface area (Å²) in [6.45, 7) is 6.42.